The molecular formula is C20H33N5O. The predicted octanol–water partition coefficient (Wildman–Crippen LogP) is 2.70. The molecule has 1 aliphatic carbocycles. The third-order valence-corrected chi connectivity index (χ3v) is 6.18. The molecule has 26 heavy (non-hydrogen) atoms. The van der Waals surface area contributed by atoms with E-state index in [1.165, 1.54) is 25.7 Å². The van der Waals surface area contributed by atoms with Crippen molar-refractivity contribution >= 4 is 11.7 Å². The molecule has 1 atom stereocenters. The normalized spacial score (nSPS) is 23.5. The molecule has 0 aromatic carbocycles. The third kappa shape index (κ3) is 4.93. The number of aromatic nitrogens is 2. The number of likely N-dealkylation sites (N-methyl/N-ethyl adjacent to an activating group) is 1. The highest BCUT2D eigenvalue weighted by atomic mass is 16.2. The molecule has 6 heteroatoms. The monoisotopic (exact) mass is 359 g/mol. The highest BCUT2D eigenvalue weighted by molar-refractivity contribution is 5.76. The van der Waals surface area contributed by atoms with Crippen LogP contribution in [0.1, 0.15) is 58.2 Å². The zero-order chi connectivity index (χ0) is 18.7. The molecule has 144 valence electrons. The van der Waals surface area contributed by atoms with Crippen molar-refractivity contribution in [2.24, 2.45) is 11.3 Å². The van der Waals surface area contributed by atoms with E-state index in [2.05, 4.69) is 40.7 Å². The lowest BCUT2D eigenvalue weighted by atomic mass is 9.72. The third-order valence-electron chi connectivity index (χ3n) is 6.18. The van der Waals surface area contributed by atoms with E-state index in [1.807, 2.05) is 0 Å². The van der Waals surface area contributed by atoms with Crippen LogP contribution in [-0.2, 0) is 11.3 Å². The zero-order valence-corrected chi connectivity index (χ0v) is 16.4. The van der Waals surface area contributed by atoms with Crippen LogP contribution >= 0.6 is 0 Å². The van der Waals surface area contributed by atoms with Crippen molar-refractivity contribution in [3.8, 4) is 0 Å². The van der Waals surface area contributed by atoms with Crippen molar-refractivity contribution in [3.05, 3.63) is 18.1 Å². The lowest BCUT2D eigenvalue weighted by molar-refractivity contribution is -0.131. The fraction of sp³-hybridized carbons (Fsp3) is 0.750. The maximum atomic E-state index is 12.7. The number of anilines is 1. The van der Waals surface area contributed by atoms with Crippen LogP contribution in [-0.4, -0.2) is 51.9 Å². The number of carbonyl (C=O) groups excluding carboxylic acids is 1. The summed E-state index contributed by atoms with van der Waals surface area (Å²) in [6.07, 6.45) is 8.33. The number of hydrogen-bond acceptors (Lipinski definition) is 5. The number of amides is 1. The highest BCUT2D eigenvalue weighted by Crippen LogP contribution is 2.39. The Kier molecular flexibility index (Phi) is 5.80. The molecule has 2 aliphatic rings. The number of nitrogens with zero attached hydrogens (tertiary/aromatic N) is 4. The Morgan fingerprint density at radius 1 is 1.35 bits per heavy atom. The Morgan fingerprint density at radius 2 is 2.08 bits per heavy atom. The van der Waals surface area contributed by atoms with Gasteiger partial charge in [-0.2, -0.15) is 0 Å². The molecule has 2 N–H and O–H groups in total. The number of nitrogen functional groups attached to an aromatic ring is 1. The van der Waals surface area contributed by atoms with Gasteiger partial charge in [-0.1, -0.05) is 13.8 Å². The van der Waals surface area contributed by atoms with Crippen LogP contribution in [0.2, 0.25) is 0 Å². The van der Waals surface area contributed by atoms with Crippen LogP contribution in [0, 0.1) is 11.3 Å². The smallest absolute Gasteiger partial charge is 0.222 e. The summed E-state index contributed by atoms with van der Waals surface area (Å²) < 4.78 is 0. The Hall–Kier alpha value is -1.69. The SMILES string of the molecule is CN(Cc1nccc(N)n1)C1CCN(C(=O)CC2CCC(C)(C)CC2)C1. The minimum Gasteiger partial charge on any atom is -0.384 e. The molecule has 1 aromatic rings. The second kappa shape index (κ2) is 7.91. The van der Waals surface area contributed by atoms with Crippen molar-refractivity contribution in [3.63, 3.8) is 0 Å². The Morgan fingerprint density at radius 3 is 2.77 bits per heavy atom. The maximum absolute atomic E-state index is 12.7. The van der Waals surface area contributed by atoms with Gasteiger partial charge in [-0.15, -0.1) is 0 Å². The van der Waals surface area contributed by atoms with Crippen LogP contribution in [0.5, 0.6) is 0 Å². The Labute approximate surface area is 157 Å². The van der Waals surface area contributed by atoms with Gasteiger partial charge in [0.15, 0.2) is 0 Å². The molecule has 1 saturated carbocycles. The van der Waals surface area contributed by atoms with E-state index in [9.17, 15) is 4.79 Å². The predicted molar refractivity (Wildman–Crippen MR) is 103 cm³/mol. The summed E-state index contributed by atoms with van der Waals surface area (Å²) >= 11 is 0. The summed E-state index contributed by atoms with van der Waals surface area (Å²) in [5.41, 5.74) is 6.19. The van der Waals surface area contributed by atoms with Gasteiger partial charge in [-0.05, 0) is 56.6 Å². The lowest BCUT2D eigenvalue weighted by Crippen LogP contribution is -2.37. The average molecular weight is 360 g/mol. The van der Waals surface area contributed by atoms with Gasteiger partial charge < -0.3 is 10.6 Å². The largest absolute Gasteiger partial charge is 0.384 e. The van der Waals surface area contributed by atoms with E-state index in [4.69, 9.17) is 5.73 Å². The first-order valence-corrected chi connectivity index (χ1v) is 9.88. The Bertz CT molecular complexity index is 622. The summed E-state index contributed by atoms with van der Waals surface area (Å²) in [4.78, 5) is 25.6. The minimum absolute atomic E-state index is 0.339. The van der Waals surface area contributed by atoms with Gasteiger partial charge in [0.2, 0.25) is 5.91 Å². The summed E-state index contributed by atoms with van der Waals surface area (Å²) in [7, 11) is 2.08. The standard InChI is InChI=1S/C20H33N5O/c1-20(2)8-4-15(5-9-20)12-19(26)25-11-7-16(13-25)24(3)14-18-22-10-6-17(21)23-18/h6,10,15-16H,4-5,7-9,11-14H2,1-3H3,(H2,21,22,23). The van der Waals surface area contributed by atoms with Gasteiger partial charge >= 0.3 is 0 Å². The van der Waals surface area contributed by atoms with Crippen LogP contribution < -0.4 is 5.73 Å². The number of likely N-dealkylation sites (tertiary alicyclic amines) is 1. The molecule has 1 aromatic heterocycles. The first-order valence-electron chi connectivity index (χ1n) is 9.88. The lowest BCUT2D eigenvalue weighted by Gasteiger charge is -2.34. The average Bonchev–Trinajstić information content (AvgIpc) is 3.07. The van der Waals surface area contributed by atoms with Crippen molar-refractivity contribution in [2.45, 2.75) is 65.0 Å². The molecule has 2 heterocycles. The number of hydrogen-bond donors (Lipinski definition) is 1. The van der Waals surface area contributed by atoms with Crippen molar-refractivity contribution in [1.82, 2.24) is 19.8 Å². The minimum atomic E-state index is 0.339. The van der Waals surface area contributed by atoms with Crippen molar-refractivity contribution in [2.75, 3.05) is 25.9 Å². The molecule has 0 radical (unpaired) electrons. The van der Waals surface area contributed by atoms with E-state index in [-0.39, 0.29) is 0 Å². The summed E-state index contributed by atoms with van der Waals surface area (Å²) in [5, 5.41) is 0. The maximum Gasteiger partial charge on any atom is 0.222 e. The van der Waals surface area contributed by atoms with E-state index < -0.39 is 0 Å². The topological polar surface area (TPSA) is 75.4 Å². The van der Waals surface area contributed by atoms with Gasteiger partial charge in [-0.25, -0.2) is 9.97 Å². The molecule has 1 saturated heterocycles. The first kappa shape index (κ1) is 19.1. The molecule has 2 fully saturated rings. The quantitative estimate of drug-likeness (QED) is 0.875. The van der Waals surface area contributed by atoms with Gasteiger partial charge in [0, 0.05) is 31.7 Å². The van der Waals surface area contributed by atoms with E-state index in [0.29, 0.717) is 35.6 Å². The first-order chi connectivity index (χ1) is 12.3. The van der Waals surface area contributed by atoms with Gasteiger partial charge in [0.05, 0.1) is 6.54 Å². The highest BCUT2D eigenvalue weighted by Gasteiger charge is 2.32. The molecule has 1 unspecified atom stereocenters. The van der Waals surface area contributed by atoms with E-state index in [0.717, 1.165) is 31.8 Å². The molecule has 1 aliphatic heterocycles. The molecule has 3 rings (SSSR count). The fourth-order valence-corrected chi connectivity index (χ4v) is 4.21. The van der Waals surface area contributed by atoms with Gasteiger partial charge in [-0.3, -0.25) is 9.69 Å². The molecular weight excluding hydrogens is 326 g/mol. The number of rotatable bonds is 5. The number of carbonyl (C=O) groups is 1. The van der Waals surface area contributed by atoms with Crippen LogP contribution in [0.4, 0.5) is 5.82 Å². The Balaban J connectivity index is 1.46. The summed E-state index contributed by atoms with van der Waals surface area (Å²) in [5.74, 6) is 2.16. The summed E-state index contributed by atoms with van der Waals surface area (Å²) in [6, 6.07) is 2.07. The van der Waals surface area contributed by atoms with Gasteiger partial charge in [0.1, 0.15) is 11.6 Å². The molecule has 0 spiro atoms. The van der Waals surface area contributed by atoms with Crippen molar-refractivity contribution in [1.29, 1.82) is 0 Å². The van der Waals surface area contributed by atoms with Crippen molar-refractivity contribution < 1.29 is 4.79 Å². The number of nitrogens with two attached hydrogens (primary N) is 1. The van der Waals surface area contributed by atoms with Crippen LogP contribution in [0.25, 0.3) is 0 Å². The van der Waals surface area contributed by atoms with Crippen LogP contribution in [0.3, 0.4) is 0 Å². The van der Waals surface area contributed by atoms with Gasteiger partial charge in [0.25, 0.3) is 0 Å². The fourth-order valence-electron chi connectivity index (χ4n) is 4.21. The zero-order valence-electron chi connectivity index (χ0n) is 16.4. The van der Waals surface area contributed by atoms with E-state index in [1.54, 1.807) is 12.3 Å². The second-order valence-corrected chi connectivity index (χ2v) is 8.91. The second-order valence-electron chi connectivity index (χ2n) is 8.91. The van der Waals surface area contributed by atoms with E-state index >= 15 is 0 Å². The van der Waals surface area contributed by atoms with Crippen LogP contribution in [0.15, 0.2) is 12.3 Å². The molecule has 1 amide bonds. The molecule has 6 nitrogen and oxygen atoms in total. The summed E-state index contributed by atoms with van der Waals surface area (Å²) in [6.45, 7) is 7.03. The molecule has 0 bridgehead atoms.